The van der Waals surface area contributed by atoms with E-state index in [1.54, 1.807) is 0 Å². The van der Waals surface area contributed by atoms with Crippen LogP contribution in [0.3, 0.4) is 0 Å². The van der Waals surface area contributed by atoms with E-state index in [0.29, 0.717) is 0 Å². The van der Waals surface area contributed by atoms with Crippen molar-refractivity contribution in [1.82, 2.24) is 0 Å². The molecule has 2 aliphatic rings. The first-order valence-corrected chi connectivity index (χ1v) is 4.10. The molecule has 2 heterocycles. The molecule has 2 radical (unpaired) electrons. The van der Waals surface area contributed by atoms with Crippen LogP contribution in [0.1, 0.15) is 25.7 Å². The highest BCUT2D eigenvalue weighted by Gasteiger charge is 2.26. The fourth-order valence-corrected chi connectivity index (χ4v) is 1.24. The second kappa shape index (κ2) is 3.52. The lowest BCUT2D eigenvalue weighted by molar-refractivity contribution is -0.0819. The molecule has 0 N–H and O–H groups in total. The number of hydrogen-bond acceptors (Lipinski definition) is 3. The molecule has 0 aromatic carbocycles. The van der Waals surface area contributed by atoms with Gasteiger partial charge in [0.25, 0.3) is 0 Å². The molecule has 3 nitrogen and oxygen atoms in total. The zero-order chi connectivity index (χ0) is 7.52. The van der Waals surface area contributed by atoms with E-state index >= 15 is 0 Å². The van der Waals surface area contributed by atoms with Crippen molar-refractivity contribution in [3.8, 4) is 0 Å². The Hall–Kier alpha value is -0.120. The van der Waals surface area contributed by atoms with Crippen molar-refractivity contribution in [3.63, 3.8) is 0 Å². The summed E-state index contributed by atoms with van der Waals surface area (Å²) in [5.74, 6) is 0. The Morgan fingerprint density at radius 1 is 0.909 bits per heavy atom. The molecule has 62 valence electrons. The average Bonchev–Trinajstić information content (AvgIpc) is 2.60. The van der Waals surface area contributed by atoms with Gasteiger partial charge in [-0.05, 0) is 12.8 Å². The van der Waals surface area contributed by atoms with Crippen LogP contribution in [0.4, 0.5) is 0 Å². The van der Waals surface area contributed by atoms with Gasteiger partial charge in [0.15, 0.2) is 0 Å². The van der Waals surface area contributed by atoms with E-state index < -0.39 is 0 Å². The van der Waals surface area contributed by atoms with E-state index in [0.717, 1.165) is 51.5 Å². The fraction of sp³-hybridized carbons (Fsp3) is 0.750. The van der Waals surface area contributed by atoms with E-state index in [1.807, 2.05) is 0 Å². The van der Waals surface area contributed by atoms with Crippen LogP contribution >= 0.6 is 0 Å². The Morgan fingerprint density at radius 2 is 1.45 bits per heavy atom. The van der Waals surface area contributed by atoms with Gasteiger partial charge in [0.05, 0.1) is 13.2 Å². The van der Waals surface area contributed by atoms with E-state index in [1.165, 1.54) is 0 Å². The van der Waals surface area contributed by atoms with Crippen molar-refractivity contribution in [2.75, 3.05) is 13.2 Å². The summed E-state index contributed by atoms with van der Waals surface area (Å²) in [5.41, 5.74) is 0. The lowest BCUT2D eigenvalue weighted by Gasteiger charge is -2.12. The van der Waals surface area contributed by atoms with Crippen LogP contribution in [0.5, 0.6) is 0 Å². The van der Waals surface area contributed by atoms with Crippen LogP contribution in [-0.4, -0.2) is 13.2 Å². The van der Waals surface area contributed by atoms with E-state index in [2.05, 4.69) is 0 Å². The van der Waals surface area contributed by atoms with Crippen LogP contribution in [0.15, 0.2) is 0 Å². The molecule has 0 amide bonds. The maximum atomic E-state index is 5.36. The van der Waals surface area contributed by atoms with Gasteiger partial charge in [-0.2, -0.15) is 0 Å². The van der Waals surface area contributed by atoms with E-state index in [-0.39, 0.29) is 0 Å². The second-order valence-corrected chi connectivity index (χ2v) is 2.75. The standard InChI is InChI=1S/C8H12O3/c1-3-7(9-5-1)11-8-4-2-6-10-8/h1-6H2. The van der Waals surface area contributed by atoms with Crippen LogP contribution in [0, 0.1) is 12.6 Å². The molecule has 0 atom stereocenters. The van der Waals surface area contributed by atoms with Gasteiger partial charge in [-0.15, -0.1) is 0 Å². The molecule has 2 fully saturated rings. The van der Waals surface area contributed by atoms with Crippen molar-refractivity contribution in [1.29, 1.82) is 0 Å². The second-order valence-electron chi connectivity index (χ2n) is 2.75. The van der Waals surface area contributed by atoms with Crippen LogP contribution < -0.4 is 0 Å². The summed E-state index contributed by atoms with van der Waals surface area (Å²) in [4.78, 5) is 0. The average molecular weight is 156 g/mol. The van der Waals surface area contributed by atoms with Gasteiger partial charge in [-0.25, -0.2) is 0 Å². The molecular weight excluding hydrogens is 144 g/mol. The van der Waals surface area contributed by atoms with Crippen molar-refractivity contribution < 1.29 is 14.2 Å². The largest absolute Gasteiger partial charge is 0.345 e. The molecule has 0 aliphatic carbocycles. The van der Waals surface area contributed by atoms with Crippen LogP contribution in [0.25, 0.3) is 0 Å². The summed E-state index contributed by atoms with van der Waals surface area (Å²) in [7, 11) is 0. The highest BCUT2D eigenvalue weighted by atomic mass is 16.8. The predicted octanol–water partition coefficient (Wildman–Crippen LogP) is 1.60. The number of ether oxygens (including phenoxy) is 3. The molecular formula is C8H12O3. The highest BCUT2D eigenvalue weighted by molar-refractivity contribution is 4.80. The highest BCUT2D eigenvalue weighted by Crippen LogP contribution is 2.29. The molecule has 0 aromatic rings. The fourth-order valence-electron chi connectivity index (χ4n) is 1.24. The van der Waals surface area contributed by atoms with Gasteiger partial charge < -0.3 is 14.2 Å². The number of rotatable bonds is 2. The summed E-state index contributed by atoms with van der Waals surface area (Å²) in [6.45, 7) is 1.59. The molecule has 3 heteroatoms. The Kier molecular flexibility index (Phi) is 2.41. The minimum atomic E-state index is 0.738. The smallest absolute Gasteiger partial charge is 0.226 e. The summed E-state index contributed by atoms with van der Waals surface area (Å²) < 4.78 is 15.8. The minimum Gasteiger partial charge on any atom is -0.345 e. The summed E-state index contributed by atoms with van der Waals surface area (Å²) in [5, 5.41) is 0. The molecule has 0 bridgehead atoms. The Morgan fingerprint density at radius 3 is 1.82 bits per heavy atom. The number of hydrogen-bond donors (Lipinski definition) is 0. The molecule has 2 rings (SSSR count). The SMILES string of the molecule is C1CO[C](O[C]2CCCO2)C1. The van der Waals surface area contributed by atoms with Crippen molar-refractivity contribution >= 4 is 0 Å². The lowest BCUT2D eigenvalue weighted by atomic mass is 10.3. The van der Waals surface area contributed by atoms with Crippen molar-refractivity contribution in [3.05, 3.63) is 12.6 Å². The third kappa shape index (κ3) is 1.92. The first-order chi connectivity index (χ1) is 5.45. The van der Waals surface area contributed by atoms with Gasteiger partial charge in [0.1, 0.15) is 0 Å². The van der Waals surface area contributed by atoms with Gasteiger partial charge >= 0.3 is 0 Å². The summed E-state index contributed by atoms with van der Waals surface area (Å²) in [6.07, 6.45) is 5.47. The van der Waals surface area contributed by atoms with Crippen LogP contribution in [-0.2, 0) is 14.2 Å². The zero-order valence-electron chi connectivity index (χ0n) is 6.47. The van der Waals surface area contributed by atoms with Crippen molar-refractivity contribution in [2.24, 2.45) is 0 Å². The maximum Gasteiger partial charge on any atom is 0.226 e. The molecule has 0 spiro atoms. The van der Waals surface area contributed by atoms with Gasteiger partial charge in [-0.3, -0.25) is 0 Å². The van der Waals surface area contributed by atoms with Gasteiger partial charge in [-0.1, -0.05) is 0 Å². The van der Waals surface area contributed by atoms with E-state index in [9.17, 15) is 0 Å². The Bertz CT molecular complexity index is 101. The van der Waals surface area contributed by atoms with Crippen LogP contribution in [0.2, 0.25) is 0 Å². The molecule has 0 aromatic heterocycles. The zero-order valence-corrected chi connectivity index (χ0v) is 6.47. The predicted molar refractivity (Wildman–Crippen MR) is 37.9 cm³/mol. The molecule has 0 saturated carbocycles. The normalized spacial score (nSPS) is 28.4. The molecule has 2 aliphatic heterocycles. The Labute approximate surface area is 66.6 Å². The maximum absolute atomic E-state index is 5.36. The van der Waals surface area contributed by atoms with E-state index in [4.69, 9.17) is 14.2 Å². The first-order valence-electron chi connectivity index (χ1n) is 4.10. The summed E-state index contributed by atoms with van der Waals surface area (Å²) >= 11 is 0. The van der Waals surface area contributed by atoms with Gasteiger partial charge in [0, 0.05) is 12.8 Å². The summed E-state index contributed by atoms with van der Waals surface area (Å²) in [6, 6.07) is 0. The minimum absolute atomic E-state index is 0.738. The monoisotopic (exact) mass is 156 g/mol. The lowest BCUT2D eigenvalue weighted by Crippen LogP contribution is -2.06. The Balaban J connectivity index is 1.71. The third-order valence-electron chi connectivity index (χ3n) is 1.80. The van der Waals surface area contributed by atoms with Crippen molar-refractivity contribution in [2.45, 2.75) is 25.7 Å². The molecule has 2 saturated heterocycles. The first kappa shape index (κ1) is 7.53. The topological polar surface area (TPSA) is 27.7 Å². The quantitative estimate of drug-likeness (QED) is 0.607. The molecule has 11 heavy (non-hydrogen) atoms. The molecule has 0 unspecified atom stereocenters. The van der Waals surface area contributed by atoms with Gasteiger partial charge in [0.2, 0.25) is 12.6 Å². The third-order valence-corrected chi connectivity index (χ3v) is 1.80.